The van der Waals surface area contributed by atoms with Gasteiger partial charge in [0.1, 0.15) is 12.4 Å². The SMILES string of the molecule is CC(C)(C)c1ccc(SCC(O)COc2ccc(CCC(=O)O)cc2)cc1. The third kappa shape index (κ3) is 7.65. The van der Waals surface area contributed by atoms with Gasteiger partial charge in [-0.25, -0.2) is 0 Å². The van der Waals surface area contributed by atoms with E-state index >= 15 is 0 Å². The predicted octanol–water partition coefficient (Wildman–Crippen LogP) is 4.53. The van der Waals surface area contributed by atoms with Gasteiger partial charge in [-0.15, -0.1) is 11.8 Å². The molecule has 0 aliphatic carbocycles. The van der Waals surface area contributed by atoms with E-state index in [4.69, 9.17) is 9.84 Å². The van der Waals surface area contributed by atoms with Crippen LogP contribution in [0.25, 0.3) is 0 Å². The third-order valence-corrected chi connectivity index (χ3v) is 5.31. The molecule has 4 nitrogen and oxygen atoms in total. The van der Waals surface area contributed by atoms with Gasteiger partial charge in [0.15, 0.2) is 0 Å². The maximum absolute atomic E-state index is 10.6. The van der Waals surface area contributed by atoms with Gasteiger partial charge < -0.3 is 14.9 Å². The summed E-state index contributed by atoms with van der Waals surface area (Å²) in [4.78, 5) is 11.7. The fraction of sp³-hybridized carbons (Fsp3) is 0.409. The molecule has 2 aromatic rings. The quantitative estimate of drug-likeness (QED) is 0.618. The molecule has 0 aliphatic rings. The second kappa shape index (κ2) is 9.81. The number of aryl methyl sites for hydroxylation is 1. The van der Waals surface area contributed by atoms with E-state index in [0.29, 0.717) is 17.9 Å². The number of benzene rings is 2. The molecule has 146 valence electrons. The summed E-state index contributed by atoms with van der Waals surface area (Å²) in [7, 11) is 0. The summed E-state index contributed by atoms with van der Waals surface area (Å²) < 4.78 is 5.62. The van der Waals surface area contributed by atoms with Crippen molar-refractivity contribution in [3.8, 4) is 5.75 Å². The van der Waals surface area contributed by atoms with Gasteiger partial charge in [-0.3, -0.25) is 4.79 Å². The molecule has 0 fully saturated rings. The molecular weight excluding hydrogens is 360 g/mol. The Morgan fingerprint density at radius 3 is 2.26 bits per heavy atom. The summed E-state index contributed by atoms with van der Waals surface area (Å²) in [6, 6.07) is 15.8. The number of thioether (sulfide) groups is 1. The van der Waals surface area contributed by atoms with Crippen LogP contribution >= 0.6 is 11.8 Å². The van der Waals surface area contributed by atoms with E-state index in [-0.39, 0.29) is 18.4 Å². The van der Waals surface area contributed by atoms with E-state index in [1.54, 1.807) is 11.8 Å². The number of aliphatic hydroxyl groups is 1. The van der Waals surface area contributed by atoms with E-state index in [0.717, 1.165) is 10.5 Å². The zero-order valence-corrected chi connectivity index (χ0v) is 17.0. The van der Waals surface area contributed by atoms with Crippen LogP contribution in [0.3, 0.4) is 0 Å². The van der Waals surface area contributed by atoms with Gasteiger partial charge >= 0.3 is 5.97 Å². The molecule has 1 unspecified atom stereocenters. The minimum atomic E-state index is -0.802. The normalized spacial score (nSPS) is 12.6. The Hall–Kier alpha value is -1.98. The summed E-state index contributed by atoms with van der Waals surface area (Å²) in [6.07, 6.45) is 0.0550. The summed E-state index contributed by atoms with van der Waals surface area (Å²) >= 11 is 1.61. The lowest BCUT2D eigenvalue weighted by Crippen LogP contribution is -2.20. The number of aliphatic hydroxyl groups excluding tert-OH is 1. The van der Waals surface area contributed by atoms with Crippen molar-refractivity contribution in [3.05, 3.63) is 59.7 Å². The molecule has 27 heavy (non-hydrogen) atoms. The maximum Gasteiger partial charge on any atom is 0.303 e. The molecule has 2 rings (SSSR count). The maximum atomic E-state index is 10.6. The summed E-state index contributed by atoms with van der Waals surface area (Å²) in [5.41, 5.74) is 2.39. The minimum absolute atomic E-state index is 0.118. The molecule has 0 saturated heterocycles. The Balaban J connectivity index is 1.74. The van der Waals surface area contributed by atoms with Gasteiger partial charge in [0, 0.05) is 17.1 Å². The van der Waals surface area contributed by atoms with E-state index in [1.165, 1.54) is 5.56 Å². The molecule has 0 amide bonds. The molecule has 0 spiro atoms. The van der Waals surface area contributed by atoms with Crippen LogP contribution in [0.5, 0.6) is 5.75 Å². The molecule has 1 atom stereocenters. The first-order valence-corrected chi connectivity index (χ1v) is 10.1. The van der Waals surface area contributed by atoms with Crippen molar-refractivity contribution in [1.82, 2.24) is 0 Å². The van der Waals surface area contributed by atoms with Gasteiger partial charge in [0.2, 0.25) is 0 Å². The van der Waals surface area contributed by atoms with E-state index in [9.17, 15) is 9.90 Å². The van der Waals surface area contributed by atoms with Crippen LogP contribution < -0.4 is 4.74 Å². The number of aliphatic carboxylic acids is 1. The highest BCUT2D eigenvalue weighted by Gasteiger charge is 2.13. The first-order chi connectivity index (χ1) is 12.7. The van der Waals surface area contributed by atoms with Crippen molar-refractivity contribution in [2.45, 2.75) is 50.0 Å². The van der Waals surface area contributed by atoms with Gasteiger partial charge in [0.05, 0.1) is 6.10 Å². The number of rotatable bonds is 9. The third-order valence-electron chi connectivity index (χ3n) is 4.16. The highest BCUT2D eigenvalue weighted by atomic mass is 32.2. The van der Waals surface area contributed by atoms with Crippen molar-refractivity contribution in [2.24, 2.45) is 0 Å². The molecular formula is C22H28O4S. The number of carbonyl (C=O) groups is 1. The van der Waals surface area contributed by atoms with Crippen molar-refractivity contribution in [1.29, 1.82) is 0 Å². The minimum Gasteiger partial charge on any atom is -0.491 e. The Bertz CT molecular complexity index is 717. The van der Waals surface area contributed by atoms with Gasteiger partial charge in [0.25, 0.3) is 0 Å². The second-order valence-electron chi connectivity index (χ2n) is 7.59. The van der Waals surface area contributed by atoms with Gasteiger partial charge in [-0.05, 0) is 47.2 Å². The van der Waals surface area contributed by atoms with E-state index in [1.807, 2.05) is 24.3 Å². The number of hydrogen-bond donors (Lipinski definition) is 2. The van der Waals surface area contributed by atoms with Crippen LogP contribution in [0.4, 0.5) is 0 Å². The van der Waals surface area contributed by atoms with E-state index in [2.05, 4.69) is 45.0 Å². The molecule has 2 aromatic carbocycles. The standard InChI is InChI=1S/C22H28O4S/c1-22(2,3)17-7-11-20(12-8-17)27-15-18(23)14-26-19-9-4-16(5-10-19)6-13-21(24)25/h4-5,7-12,18,23H,6,13-15H2,1-3H3,(H,24,25). The predicted molar refractivity (Wildman–Crippen MR) is 110 cm³/mol. The van der Waals surface area contributed by atoms with Crippen LogP contribution in [0, 0.1) is 0 Å². The molecule has 0 aromatic heterocycles. The molecule has 2 N–H and O–H groups in total. The molecule has 5 heteroatoms. The van der Waals surface area contributed by atoms with Crippen molar-refractivity contribution in [3.63, 3.8) is 0 Å². The molecule has 0 aliphatic heterocycles. The lowest BCUT2D eigenvalue weighted by Gasteiger charge is -2.19. The Morgan fingerprint density at radius 2 is 1.70 bits per heavy atom. The Morgan fingerprint density at radius 1 is 1.07 bits per heavy atom. The molecule has 0 bridgehead atoms. The average molecular weight is 389 g/mol. The highest BCUT2D eigenvalue weighted by molar-refractivity contribution is 7.99. The van der Waals surface area contributed by atoms with Gasteiger partial charge in [-0.2, -0.15) is 0 Å². The fourth-order valence-corrected chi connectivity index (χ4v) is 3.30. The fourth-order valence-electron chi connectivity index (χ4n) is 2.49. The lowest BCUT2D eigenvalue weighted by atomic mass is 9.87. The van der Waals surface area contributed by atoms with Crippen LogP contribution in [0.15, 0.2) is 53.4 Å². The zero-order valence-electron chi connectivity index (χ0n) is 16.1. The Kier molecular flexibility index (Phi) is 7.75. The Labute approximate surface area is 165 Å². The number of hydrogen-bond acceptors (Lipinski definition) is 4. The molecule has 0 heterocycles. The lowest BCUT2D eigenvalue weighted by molar-refractivity contribution is -0.136. The smallest absolute Gasteiger partial charge is 0.303 e. The zero-order chi connectivity index (χ0) is 19.9. The van der Waals surface area contributed by atoms with Crippen molar-refractivity contribution >= 4 is 17.7 Å². The van der Waals surface area contributed by atoms with Crippen LogP contribution in [-0.2, 0) is 16.6 Å². The first-order valence-electron chi connectivity index (χ1n) is 9.09. The van der Waals surface area contributed by atoms with Crippen LogP contribution in [-0.4, -0.2) is 34.6 Å². The number of carboxylic acid groups (broad SMARTS) is 1. The van der Waals surface area contributed by atoms with Crippen molar-refractivity contribution in [2.75, 3.05) is 12.4 Å². The average Bonchev–Trinajstić information content (AvgIpc) is 2.63. The monoisotopic (exact) mass is 388 g/mol. The second-order valence-corrected chi connectivity index (χ2v) is 8.68. The number of carboxylic acids is 1. The highest BCUT2D eigenvalue weighted by Crippen LogP contribution is 2.26. The topological polar surface area (TPSA) is 66.8 Å². The van der Waals surface area contributed by atoms with Crippen LogP contribution in [0.1, 0.15) is 38.3 Å². The van der Waals surface area contributed by atoms with Gasteiger partial charge in [-0.1, -0.05) is 45.0 Å². The van der Waals surface area contributed by atoms with Crippen LogP contribution in [0.2, 0.25) is 0 Å². The number of ether oxygens (including phenoxy) is 1. The largest absolute Gasteiger partial charge is 0.491 e. The molecule has 0 saturated carbocycles. The first kappa shape index (κ1) is 21.3. The summed E-state index contributed by atoms with van der Waals surface area (Å²) in [6.45, 7) is 6.79. The summed E-state index contributed by atoms with van der Waals surface area (Å²) in [5.74, 6) is 0.433. The van der Waals surface area contributed by atoms with Crippen molar-refractivity contribution < 1.29 is 19.7 Å². The summed E-state index contributed by atoms with van der Waals surface area (Å²) in [5, 5.41) is 18.8. The van der Waals surface area contributed by atoms with E-state index < -0.39 is 12.1 Å². The molecule has 0 radical (unpaired) electrons.